The normalized spacial score (nSPS) is 26.7. The molecule has 0 amide bonds. The lowest BCUT2D eigenvalue weighted by atomic mass is 9.80. The van der Waals surface area contributed by atoms with Gasteiger partial charge in [-0.1, -0.05) is 29.8 Å². The number of epoxide rings is 1. The predicted octanol–water partition coefficient (Wildman–Crippen LogP) is 0.494. The van der Waals surface area contributed by atoms with Crippen molar-refractivity contribution in [3.05, 3.63) is 35.4 Å². The summed E-state index contributed by atoms with van der Waals surface area (Å²) in [6, 6.07) is 7.46. The Labute approximate surface area is 123 Å². The molecule has 6 nitrogen and oxygen atoms in total. The fraction of sp³-hybridized carbons (Fsp3) is 0.429. The number of ether oxygens (including phenoxy) is 1. The van der Waals surface area contributed by atoms with E-state index in [1.807, 2.05) is 31.2 Å². The number of benzene rings is 1. The number of carbonyl (C=O) groups is 2. The Hall–Kier alpha value is -1.86. The van der Waals surface area contributed by atoms with E-state index < -0.39 is 25.1 Å². The number of likely N-dealkylation sites (N-methyl/N-ethyl adjacent to an activating group) is 1. The predicted molar refractivity (Wildman–Crippen MR) is 74.2 cm³/mol. The van der Waals surface area contributed by atoms with Crippen LogP contribution in [0.2, 0.25) is 0 Å². The molecule has 0 radical (unpaired) electrons. The van der Waals surface area contributed by atoms with Gasteiger partial charge in [-0.3, -0.25) is 14.5 Å². The smallest absolute Gasteiger partial charge is 0.496 e. The standard InChI is InChI=1S/C14H16BNO5/c1-9-3-5-10(6-4-9)13-14(19-13)15-20-11(17)7-16(2)8-12(18)21-15/h3-6,13-14H,7-8H2,1-2H3/t13-,14+/m1/s1. The molecule has 0 aromatic heterocycles. The van der Waals surface area contributed by atoms with Crippen molar-refractivity contribution < 1.29 is 23.6 Å². The van der Waals surface area contributed by atoms with Gasteiger partial charge in [-0.25, -0.2) is 0 Å². The van der Waals surface area contributed by atoms with Gasteiger partial charge in [0, 0.05) is 0 Å². The SMILES string of the molecule is Cc1ccc([C@H]2O[C@@H]2B2OC(=O)CN(C)CC(=O)O2)cc1. The van der Waals surface area contributed by atoms with Crippen LogP contribution in [0.3, 0.4) is 0 Å². The number of hydrogen-bond donors (Lipinski definition) is 0. The molecule has 110 valence electrons. The van der Waals surface area contributed by atoms with Gasteiger partial charge in [0.05, 0.1) is 13.1 Å². The van der Waals surface area contributed by atoms with Crippen LogP contribution in [0.1, 0.15) is 17.2 Å². The Kier molecular flexibility index (Phi) is 3.69. The number of aryl methyl sites for hydroxylation is 1. The minimum Gasteiger partial charge on any atom is -0.496 e. The van der Waals surface area contributed by atoms with E-state index in [1.54, 1.807) is 11.9 Å². The van der Waals surface area contributed by atoms with Gasteiger partial charge in [-0.05, 0) is 19.5 Å². The average molecular weight is 289 g/mol. The quantitative estimate of drug-likeness (QED) is 0.583. The topological polar surface area (TPSA) is 68.4 Å². The summed E-state index contributed by atoms with van der Waals surface area (Å²) >= 11 is 0. The van der Waals surface area contributed by atoms with Crippen molar-refractivity contribution >= 4 is 19.1 Å². The Morgan fingerprint density at radius 2 is 1.67 bits per heavy atom. The van der Waals surface area contributed by atoms with E-state index in [0.29, 0.717) is 0 Å². The van der Waals surface area contributed by atoms with E-state index in [0.717, 1.165) is 11.1 Å². The zero-order valence-electron chi connectivity index (χ0n) is 11.9. The van der Waals surface area contributed by atoms with Crippen molar-refractivity contribution in [3.8, 4) is 0 Å². The van der Waals surface area contributed by atoms with Gasteiger partial charge < -0.3 is 14.0 Å². The van der Waals surface area contributed by atoms with E-state index in [4.69, 9.17) is 14.0 Å². The molecule has 2 fully saturated rings. The molecule has 0 N–H and O–H groups in total. The van der Waals surface area contributed by atoms with Gasteiger partial charge >= 0.3 is 19.1 Å². The highest BCUT2D eigenvalue weighted by Crippen LogP contribution is 2.40. The van der Waals surface area contributed by atoms with E-state index in [-0.39, 0.29) is 19.2 Å². The molecular formula is C14H16BNO5. The van der Waals surface area contributed by atoms with Crippen molar-refractivity contribution in [1.29, 1.82) is 0 Å². The first-order valence-corrected chi connectivity index (χ1v) is 6.82. The summed E-state index contributed by atoms with van der Waals surface area (Å²) in [5, 5.41) is 0. The fourth-order valence-electron chi connectivity index (χ4n) is 2.34. The lowest BCUT2D eigenvalue weighted by Crippen LogP contribution is -2.45. The highest BCUT2D eigenvalue weighted by atomic mass is 16.7. The van der Waals surface area contributed by atoms with E-state index in [2.05, 4.69) is 0 Å². The van der Waals surface area contributed by atoms with Crippen LogP contribution in [0, 0.1) is 6.92 Å². The van der Waals surface area contributed by atoms with Crippen molar-refractivity contribution in [3.63, 3.8) is 0 Å². The molecule has 2 atom stereocenters. The van der Waals surface area contributed by atoms with Crippen LogP contribution in [0.15, 0.2) is 24.3 Å². The highest BCUT2D eigenvalue weighted by molar-refractivity contribution is 6.51. The first-order chi connectivity index (χ1) is 10.0. The van der Waals surface area contributed by atoms with Crippen molar-refractivity contribution in [2.75, 3.05) is 20.1 Å². The third-order valence-corrected chi connectivity index (χ3v) is 3.49. The molecule has 0 saturated carbocycles. The number of rotatable bonds is 2. The van der Waals surface area contributed by atoms with Crippen molar-refractivity contribution in [2.24, 2.45) is 0 Å². The molecule has 2 saturated heterocycles. The van der Waals surface area contributed by atoms with Gasteiger partial charge in [-0.15, -0.1) is 0 Å². The largest absolute Gasteiger partial charge is 0.632 e. The maximum atomic E-state index is 11.7. The number of nitrogens with zero attached hydrogens (tertiary/aromatic N) is 1. The maximum absolute atomic E-state index is 11.7. The van der Waals surface area contributed by atoms with Gasteiger partial charge in [0.2, 0.25) is 0 Å². The summed E-state index contributed by atoms with van der Waals surface area (Å²) in [4.78, 5) is 24.9. The minimum absolute atomic E-state index is 0.0630. The highest BCUT2D eigenvalue weighted by Gasteiger charge is 2.56. The molecule has 3 rings (SSSR count). The van der Waals surface area contributed by atoms with Crippen LogP contribution in [0.5, 0.6) is 0 Å². The van der Waals surface area contributed by atoms with Crippen LogP contribution < -0.4 is 0 Å². The summed E-state index contributed by atoms with van der Waals surface area (Å²) in [6.45, 7) is 2.13. The molecule has 0 unspecified atom stereocenters. The summed E-state index contributed by atoms with van der Waals surface area (Å²) in [5.41, 5.74) is 2.14. The molecule has 2 aliphatic heterocycles. The Morgan fingerprint density at radius 1 is 1.10 bits per heavy atom. The van der Waals surface area contributed by atoms with Crippen LogP contribution in [0.25, 0.3) is 0 Å². The molecule has 7 heteroatoms. The van der Waals surface area contributed by atoms with Crippen molar-refractivity contribution in [1.82, 2.24) is 4.90 Å². The third-order valence-electron chi connectivity index (χ3n) is 3.49. The van der Waals surface area contributed by atoms with Crippen LogP contribution in [-0.2, 0) is 23.6 Å². The number of hydrogen-bond acceptors (Lipinski definition) is 6. The van der Waals surface area contributed by atoms with E-state index in [1.165, 1.54) is 0 Å². The lowest BCUT2D eigenvalue weighted by molar-refractivity contribution is -0.145. The molecule has 1 aromatic rings. The van der Waals surface area contributed by atoms with Gasteiger partial charge in [-0.2, -0.15) is 0 Å². The second-order valence-corrected chi connectivity index (χ2v) is 5.45. The molecular weight excluding hydrogens is 273 g/mol. The molecule has 2 heterocycles. The second-order valence-electron chi connectivity index (χ2n) is 5.45. The maximum Gasteiger partial charge on any atom is 0.632 e. The van der Waals surface area contributed by atoms with Crippen LogP contribution >= 0.6 is 0 Å². The summed E-state index contributed by atoms with van der Waals surface area (Å²) < 4.78 is 15.9. The second kappa shape index (κ2) is 5.50. The fourth-order valence-corrected chi connectivity index (χ4v) is 2.34. The summed E-state index contributed by atoms with van der Waals surface area (Å²) in [5.74, 6) is -0.846. The van der Waals surface area contributed by atoms with Gasteiger partial charge in [0.25, 0.3) is 0 Å². The molecule has 21 heavy (non-hydrogen) atoms. The van der Waals surface area contributed by atoms with Crippen LogP contribution in [0.4, 0.5) is 0 Å². The Bertz CT molecular complexity index is 541. The zero-order chi connectivity index (χ0) is 15.0. The Balaban J connectivity index is 1.68. The van der Waals surface area contributed by atoms with Gasteiger partial charge in [0.15, 0.2) is 6.00 Å². The summed E-state index contributed by atoms with van der Waals surface area (Å²) in [7, 11) is 0.691. The monoisotopic (exact) mass is 289 g/mol. The third kappa shape index (κ3) is 3.25. The van der Waals surface area contributed by atoms with Crippen molar-refractivity contribution in [2.45, 2.75) is 19.0 Å². The van der Waals surface area contributed by atoms with E-state index >= 15 is 0 Å². The molecule has 0 aliphatic carbocycles. The van der Waals surface area contributed by atoms with E-state index in [9.17, 15) is 9.59 Å². The minimum atomic E-state index is -0.968. The molecule has 0 bridgehead atoms. The molecule has 2 aliphatic rings. The van der Waals surface area contributed by atoms with Gasteiger partial charge in [0.1, 0.15) is 6.10 Å². The lowest BCUT2D eigenvalue weighted by Gasteiger charge is -2.21. The molecule has 0 spiro atoms. The number of carbonyl (C=O) groups excluding carboxylic acids is 2. The summed E-state index contributed by atoms with van der Waals surface area (Å²) in [6.07, 6.45) is -0.201. The first-order valence-electron chi connectivity index (χ1n) is 6.82. The first kappa shape index (κ1) is 14.1. The zero-order valence-corrected chi connectivity index (χ0v) is 11.9. The Morgan fingerprint density at radius 3 is 2.24 bits per heavy atom. The van der Waals surface area contributed by atoms with Crippen LogP contribution in [-0.4, -0.2) is 50.1 Å². The average Bonchev–Trinajstić information content (AvgIpc) is 3.17. The molecule has 1 aromatic carbocycles.